The van der Waals surface area contributed by atoms with Gasteiger partial charge in [0.2, 0.25) is 0 Å². The molecule has 0 aliphatic heterocycles. The molecule has 9 heteroatoms. The highest BCUT2D eigenvalue weighted by atomic mass is 35.5. The van der Waals surface area contributed by atoms with Gasteiger partial charge in [-0.05, 0) is 54.8 Å². The zero-order valence-electron chi connectivity index (χ0n) is 19.4. The molecule has 0 unspecified atom stereocenters. The number of hydrogen-bond donors (Lipinski definition) is 1. The number of halogens is 1. The maximum Gasteiger partial charge on any atom is 0.250 e. The van der Waals surface area contributed by atoms with Gasteiger partial charge in [-0.25, -0.2) is 5.43 Å². The Morgan fingerprint density at radius 2 is 1.82 bits per heavy atom. The van der Waals surface area contributed by atoms with Gasteiger partial charge in [-0.3, -0.25) is 9.36 Å². The standard InChI is InChI=1S/C25H29ClN6OS/c1-31(2)21-14-8-18(9-15-21)16-27-28-23(33)17-34-25-30-29-24(19-10-12-20(26)13-11-19)32(25)22-6-4-3-5-7-22/h8-16,22H,3-7,17H2,1-2H3,(H,28,33). The van der Waals surface area contributed by atoms with E-state index in [4.69, 9.17) is 11.6 Å². The van der Waals surface area contributed by atoms with Crippen LogP contribution in [-0.2, 0) is 4.79 Å². The number of hydrogen-bond acceptors (Lipinski definition) is 6. The van der Waals surface area contributed by atoms with Gasteiger partial charge in [0, 0.05) is 36.4 Å². The maximum atomic E-state index is 12.4. The molecule has 0 saturated heterocycles. The van der Waals surface area contributed by atoms with Crippen molar-refractivity contribution in [3.05, 3.63) is 59.1 Å². The van der Waals surface area contributed by atoms with E-state index in [0.717, 1.165) is 40.6 Å². The number of nitrogens with zero attached hydrogens (tertiary/aromatic N) is 5. The van der Waals surface area contributed by atoms with Crippen molar-refractivity contribution in [2.75, 3.05) is 24.7 Å². The molecule has 1 aliphatic rings. The first-order valence-corrected chi connectivity index (χ1v) is 12.8. The quantitative estimate of drug-likeness (QED) is 0.256. The van der Waals surface area contributed by atoms with Crippen LogP contribution in [0.1, 0.15) is 43.7 Å². The second-order valence-corrected chi connectivity index (χ2v) is 9.92. The number of thioether (sulfide) groups is 1. The van der Waals surface area contributed by atoms with E-state index in [2.05, 4.69) is 25.3 Å². The van der Waals surface area contributed by atoms with Gasteiger partial charge >= 0.3 is 0 Å². The third kappa shape index (κ3) is 6.18. The lowest BCUT2D eigenvalue weighted by Crippen LogP contribution is -2.20. The predicted octanol–water partition coefficient (Wildman–Crippen LogP) is 5.41. The zero-order valence-corrected chi connectivity index (χ0v) is 21.0. The molecule has 1 amide bonds. The van der Waals surface area contributed by atoms with Gasteiger partial charge in [0.15, 0.2) is 11.0 Å². The van der Waals surface area contributed by atoms with Crippen molar-refractivity contribution in [3.63, 3.8) is 0 Å². The first-order chi connectivity index (χ1) is 16.5. The van der Waals surface area contributed by atoms with Crippen molar-refractivity contribution in [2.24, 2.45) is 5.10 Å². The molecule has 1 fully saturated rings. The molecule has 0 bridgehead atoms. The van der Waals surface area contributed by atoms with Crippen LogP contribution in [0.5, 0.6) is 0 Å². The monoisotopic (exact) mass is 496 g/mol. The second-order valence-electron chi connectivity index (χ2n) is 8.54. The fourth-order valence-electron chi connectivity index (χ4n) is 4.04. The summed E-state index contributed by atoms with van der Waals surface area (Å²) in [5, 5.41) is 14.4. The van der Waals surface area contributed by atoms with Crippen LogP contribution in [0.25, 0.3) is 11.4 Å². The Hall–Kier alpha value is -2.84. The van der Waals surface area contributed by atoms with Gasteiger partial charge in [0.25, 0.3) is 5.91 Å². The average Bonchev–Trinajstić information content (AvgIpc) is 3.28. The minimum absolute atomic E-state index is 0.183. The molecule has 34 heavy (non-hydrogen) atoms. The minimum atomic E-state index is -0.183. The van der Waals surface area contributed by atoms with E-state index in [1.807, 2.05) is 67.5 Å². The second kappa shape index (κ2) is 11.5. The van der Waals surface area contributed by atoms with E-state index < -0.39 is 0 Å². The van der Waals surface area contributed by atoms with Crippen LogP contribution in [-0.4, -0.2) is 46.7 Å². The fraction of sp³-hybridized carbons (Fsp3) is 0.360. The summed E-state index contributed by atoms with van der Waals surface area (Å²) in [5.74, 6) is 0.852. The molecule has 1 aliphatic carbocycles. The number of anilines is 1. The SMILES string of the molecule is CN(C)c1ccc(C=NNC(=O)CSc2nnc(-c3ccc(Cl)cc3)n2C2CCCCC2)cc1. The Bertz CT molecular complexity index is 1120. The summed E-state index contributed by atoms with van der Waals surface area (Å²) < 4.78 is 2.20. The molecular formula is C25H29ClN6OS. The molecule has 178 valence electrons. The van der Waals surface area contributed by atoms with Crippen molar-refractivity contribution in [1.82, 2.24) is 20.2 Å². The number of aromatic nitrogens is 3. The van der Waals surface area contributed by atoms with Gasteiger partial charge in [-0.2, -0.15) is 5.10 Å². The first kappa shape index (κ1) is 24.3. The molecule has 7 nitrogen and oxygen atoms in total. The van der Waals surface area contributed by atoms with E-state index in [-0.39, 0.29) is 11.7 Å². The van der Waals surface area contributed by atoms with Crippen LogP contribution in [0.3, 0.4) is 0 Å². The van der Waals surface area contributed by atoms with Crippen LogP contribution in [0.2, 0.25) is 5.02 Å². The van der Waals surface area contributed by atoms with Crippen molar-refractivity contribution >= 4 is 41.2 Å². The lowest BCUT2D eigenvalue weighted by molar-refractivity contribution is -0.118. The predicted molar refractivity (Wildman–Crippen MR) is 140 cm³/mol. The van der Waals surface area contributed by atoms with Gasteiger partial charge < -0.3 is 4.90 Å². The molecule has 0 radical (unpaired) electrons. The third-order valence-corrected chi connectivity index (χ3v) is 7.05. The summed E-state index contributed by atoms with van der Waals surface area (Å²) in [4.78, 5) is 14.5. The number of hydrazone groups is 1. The number of benzene rings is 2. The number of nitrogens with one attached hydrogen (secondary N) is 1. The zero-order chi connectivity index (χ0) is 23.9. The van der Waals surface area contributed by atoms with Crippen molar-refractivity contribution < 1.29 is 4.79 Å². The highest BCUT2D eigenvalue weighted by Gasteiger charge is 2.24. The molecule has 3 aromatic rings. The molecule has 0 spiro atoms. The van der Waals surface area contributed by atoms with Crippen molar-refractivity contribution in [3.8, 4) is 11.4 Å². The Kier molecular flexibility index (Phi) is 8.24. The number of carbonyl (C=O) groups excluding carboxylic acids is 1. The van der Waals surface area contributed by atoms with Crippen LogP contribution in [0, 0.1) is 0 Å². The van der Waals surface area contributed by atoms with Crippen LogP contribution in [0.15, 0.2) is 58.8 Å². The molecule has 2 aromatic carbocycles. The average molecular weight is 497 g/mol. The molecular weight excluding hydrogens is 468 g/mol. The van der Waals surface area contributed by atoms with E-state index in [9.17, 15) is 4.79 Å². The lowest BCUT2D eigenvalue weighted by Gasteiger charge is -2.25. The molecule has 1 heterocycles. The van der Waals surface area contributed by atoms with Crippen LogP contribution >= 0.6 is 23.4 Å². The Morgan fingerprint density at radius 1 is 1.12 bits per heavy atom. The van der Waals surface area contributed by atoms with E-state index >= 15 is 0 Å². The summed E-state index contributed by atoms with van der Waals surface area (Å²) in [7, 11) is 3.99. The van der Waals surface area contributed by atoms with Crippen molar-refractivity contribution in [1.29, 1.82) is 0 Å². The summed E-state index contributed by atoms with van der Waals surface area (Å²) in [6.07, 6.45) is 7.47. The molecule has 4 rings (SSSR count). The summed E-state index contributed by atoms with van der Waals surface area (Å²) in [5.41, 5.74) is 5.61. The maximum absolute atomic E-state index is 12.4. The highest BCUT2D eigenvalue weighted by Crippen LogP contribution is 2.35. The normalized spacial score (nSPS) is 14.4. The highest BCUT2D eigenvalue weighted by molar-refractivity contribution is 7.99. The minimum Gasteiger partial charge on any atom is -0.378 e. The number of amides is 1. The summed E-state index contributed by atoms with van der Waals surface area (Å²) in [6, 6.07) is 15.9. The summed E-state index contributed by atoms with van der Waals surface area (Å²) in [6.45, 7) is 0. The third-order valence-electron chi connectivity index (χ3n) is 5.85. The van der Waals surface area contributed by atoms with E-state index in [0.29, 0.717) is 11.1 Å². The van der Waals surface area contributed by atoms with E-state index in [1.54, 1.807) is 6.21 Å². The molecule has 1 N–H and O–H groups in total. The Labute approximate surface area is 209 Å². The molecule has 1 aromatic heterocycles. The largest absolute Gasteiger partial charge is 0.378 e. The van der Waals surface area contributed by atoms with E-state index in [1.165, 1.54) is 31.0 Å². The van der Waals surface area contributed by atoms with Gasteiger partial charge in [-0.15, -0.1) is 10.2 Å². The molecule has 1 saturated carbocycles. The Morgan fingerprint density at radius 3 is 2.50 bits per heavy atom. The molecule has 0 atom stereocenters. The number of carbonyl (C=O) groups is 1. The Balaban J connectivity index is 1.41. The smallest absolute Gasteiger partial charge is 0.250 e. The summed E-state index contributed by atoms with van der Waals surface area (Å²) >= 11 is 7.46. The van der Waals surface area contributed by atoms with Gasteiger partial charge in [0.05, 0.1) is 12.0 Å². The van der Waals surface area contributed by atoms with Crippen LogP contribution in [0.4, 0.5) is 5.69 Å². The fourth-order valence-corrected chi connectivity index (χ4v) is 4.96. The first-order valence-electron chi connectivity index (χ1n) is 11.4. The van der Waals surface area contributed by atoms with Gasteiger partial charge in [-0.1, -0.05) is 54.8 Å². The van der Waals surface area contributed by atoms with Gasteiger partial charge in [0.1, 0.15) is 0 Å². The topological polar surface area (TPSA) is 75.4 Å². The number of rotatable bonds is 8. The lowest BCUT2D eigenvalue weighted by atomic mass is 9.95. The van der Waals surface area contributed by atoms with Crippen molar-refractivity contribution in [2.45, 2.75) is 43.3 Å². The van der Waals surface area contributed by atoms with Crippen LogP contribution < -0.4 is 10.3 Å².